The van der Waals surface area contributed by atoms with Gasteiger partial charge < -0.3 is 4.90 Å². The van der Waals surface area contributed by atoms with E-state index < -0.39 is 0 Å². The summed E-state index contributed by atoms with van der Waals surface area (Å²) in [7, 11) is 0. The van der Waals surface area contributed by atoms with Crippen molar-refractivity contribution in [2.75, 3.05) is 13.1 Å². The first-order chi connectivity index (χ1) is 10.1. The topological polar surface area (TPSA) is 50.5 Å². The second kappa shape index (κ2) is 5.47. The minimum Gasteiger partial charge on any atom is -0.337 e. The van der Waals surface area contributed by atoms with Crippen molar-refractivity contribution in [2.45, 2.75) is 39.5 Å². The van der Waals surface area contributed by atoms with E-state index in [9.17, 15) is 4.79 Å². The molecular formula is C16H22N4O. The van der Waals surface area contributed by atoms with Gasteiger partial charge in [-0.25, -0.2) is 9.50 Å². The van der Waals surface area contributed by atoms with Crippen molar-refractivity contribution in [3.63, 3.8) is 0 Å². The average Bonchev–Trinajstić information content (AvgIpc) is 2.94. The Kier molecular flexibility index (Phi) is 3.66. The zero-order chi connectivity index (χ0) is 15.0. The van der Waals surface area contributed by atoms with Crippen LogP contribution < -0.4 is 0 Å². The van der Waals surface area contributed by atoms with Crippen molar-refractivity contribution >= 4 is 11.6 Å². The fraction of sp³-hybridized carbons (Fsp3) is 0.562. The van der Waals surface area contributed by atoms with Gasteiger partial charge in [-0.3, -0.25) is 4.79 Å². The van der Waals surface area contributed by atoms with Gasteiger partial charge in [0, 0.05) is 24.8 Å². The van der Waals surface area contributed by atoms with E-state index in [1.54, 1.807) is 6.20 Å². The highest BCUT2D eigenvalue weighted by molar-refractivity contribution is 5.93. The number of amides is 1. The smallest absolute Gasteiger partial charge is 0.272 e. The van der Waals surface area contributed by atoms with Gasteiger partial charge in [-0.2, -0.15) is 5.10 Å². The molecule has 112 valence electrons. The zero-order valence-electron chi connectivity index (χ0n) is 12.9. The summed E-state index contributed by atoms with van der Waals surface area (Å²) >= 11 is 0. The number of piperidine rings is 1. The van der Waals surface area contributed by atoms with E-state index in [2.05, 4.69) is 30.9 Å². The monoisotopic (exact) mass is 286 g/mol. The molecule has 2 aromatic heterocycles. The van der Waals surface area contributed by atoms with Gasteiger partial charge in [0.15, 0.2) is 5.65 Å². The number of hydrogen-bond donors (Lipinski definition) is 0. The molecule has 3 heterocycles. The van der Waals surface area contributed by atoms with Crippen LogP contribution in [0.25, 0.3) is 5.65 Å². The van der Waals surface area contributed by atoms with E-state index in [0.717, 1.165) is 37.3 Å². The lowest BCUT2D eigenvalue weighted by Gasteiger charge is -2.30. The maximum absolute atomic E-state index is 12.7. The molecule has 0 spiro atoms. The van der Waals surface area contributed by atoms with Gasteiger partial charge in [-0.05, 0) is 30.7 Å². The van der Waals surface area contributed by atoms with Gasteiger partial charge in [-0.1, -0.05) is 20.8 Å². The van der Waals surface area contributed by atoms with Gasteiger partial charge in [0.05, 0.1) is 6.20 Å². The third-order valence-electron chi connectivity index (χ3n) is 4.27. The molecule has 1 amide bonds. The Bertz CT molecular complexity index is 653. The van der Waals surface area contributed by atoms with Gasteiger partial charge in [0.25, 0.3) is 5.91 Å². The molecule has 1 aliphatic heterocycles. The number of fused-ring (bicyclic) bond motifs is 1. The molecule has 0 aromatic carbocycles. The predicted octanol–water partition coefficient (Wildman–Crippen LogP) is 2.72. The van der Waals surface area contributed by atoms with Crippen LogP contribution in [0.2, 0.25) is 0 Å². The molecule has 1 aliphatic rings. The molecule has 0 bridgehead atoms. The number of aromatic nitrogens is 3. The standard InChI is InChI=1S/C16H22N4O/c1-11(2)14-10-13(18-15-4-7-17-20(14)15)16(21)19-8-5-12(3)6-9-19/h4,7,10-12H,5-6,8-9H2,1-3H3. The molecule has 2 aromatic rings. The predicted molar refractivity (Wildman–Crippen MR) is 81.4 cm³/mol. The largest absolute Gasteiger partial charge is 0.337 e. The van der Waals surface area contributed by atoms with Gasteiger partial charge in [0.1, 0.15) is 5.69 Å². The lowest BCUT2D eigenvalue weighted by molar-refractivity contribution is 0.0691. The Morgan fingerprint density at radius 1 is 1.33 bits per heavy atom. The summed E-state index contributed by atoms with van der Waals surface area (Å²) in [6.07, 6.45) is 3.89. The summed E-state index contributed by atoms with van der Waals surface area (Å²) in [4.78, 5) is 19.1. The highest BCUT2D eigenvalue weighted by Crippen LogP contribution is 2.20. The van der Waals surface area contributed by atoms with Crippen LogP contribution in [0.5, 0.6) is 0 Å². The van der Waals surface area contributed by atoms with E-state index in [-0.39, 0.29) is 5.91 Å². The number of likely N-dealkylation sites (tertiary alicyclic amines) is 1. The van der Waals surface area contributed by atoms with Gasteiger partial charge in [-0.15, -0.1) is 0 Å². The third kappa shape index (κ3) is 2.64. The Balaban J connectivity index is 1.94. The van der Waals surface area contributed by atoms with E-state index in [0.29, 0.717) is 17.5 Å². The minimum absolute atomic E-state index is 0.0486. The van der Waals surface area contributed by atoms with Crippen molar-refractivity contribution in [1.29, 1.82) is 0 Å². The molecule has 0 unspecified atom stereocenters. The fourth-order valence-corrected chi connectivity index (χ4v) is 2.83. The summed E-state index contributed by atoms with van der Waals surface area (Å²) in [5, 5.41) is 4.29. The summed E-state index contributed by atoms with van der Waals surface area (Å²) in [5.74, 6) is 1.06. The number of carbonyl (C=O) groups is 1. The second-order valence-corrected chi connectivity index (χ2v) is 6.30. The second-order valence-electron chi connectivity index (χ2n) is 6.30. The van der Waals surface area contributed by atoms with Gasteiger partial charge in [0.2, 0.25) is 0 Å². The lowest BCUT2D eigenvalue weighted by atomic mass is 9.99. The van der Waals surface area contributed by atoms with Crippen LogP contribution in [-0.4, -0.2) is 38.5 Å². The number of carbonyl (C=O) groups excluding carboxylic acids is 1. The summed E-state index contributed by atoms with van der Waals surface area (Å²) in [5.41, 5.74) is 2.31. The van der Waals surface area contributed by atoms with Crippen LogP contribution in [0, 0.1) is 5.92 Å². The van der Waals surface area contributed by atoms with E-state index in [4.69, 9.17) is 0 Å². The lowest BCUT2D eigenvalue weighted by Crippen LogP contribution is -2.38. The molecule has 0 radical (unpaired) electrons. The molecule has 1 saturated heterocycles. The van der Waals surface area contributed by atoms with Crippen LogP contribution in [0.3, 0.4) is 0 Å². The Morgan fingerprint density at radius 3 is 2.71 bits per heavy atom. The Morgan fingerprint density at radius 2 is 2.05 bits per heavy atom. The molecule has 21 heavy (non-hydrogen) atoms. The molecule has 0 atom stereocenters. The number of nitrogens with zero attached hydrogens (tertiary/aromatic N) is 4. The highest BCUT2D eigenvalue weighted by atomic mass is 16.2. The summed E-state index contributed by atoms with van der Waals surface area (Å²) < 4.78 is 1.82. The molecule has 3 rings (SSSR count). The van der Waals surface area contributed by atoms with Crippen LogP contribution in [0.15, 0.2) is 18.3 Å². The number of hydrogen-bond acceptors (Lipinski definition) is 3. The van der Waals surface area contributed by atoms with Crippen molar-refractivity contribution in [2.24, 2.45) is 5.92 Å². The van der Waals surface area contributed by atoms with Crippen molar-refractivity contribution < 1.29 is 4.79 Å². The maximum atomic E-state index is 12.7. The first kappa shape index (κ1) is 14.0. The highest BCUT2D eigenvalue weighted by Gasteiger charge is 2.23. The Labute approximate surface area is 125 Å². The van der Waals surface area contributed by atoms with Gasteiger partial charge >= 0.3 is 0 Å². The Hall–Kier alpha value is -1.91. The van der Waals surface area contributed by atoms with E-state index in [1.165, 1.54) is 0 Å². The summed E-state index contributed by atoms with van der Waals surface area (Å²) in [6, 6.07) is 3.74. The van der Waals surface area contributed by atoms with Crippen molar-refractivity contribution in [3.8, 4) is 0 Å². The normalized spacial score (nSPS) is 16.9. The fourth-order valence-electron chi connectivity index (χ4n) is 2.83. The van der Waals surface area contributed by atoms with Crippen molar-refractivity contribution in [3.05, 3.63) is 29.7 Å². The SMILES string of the molecule is CC1CCN(C(=O)c2cc(C(C)C)n3nccc3n2)CC1. The molecule has 5 heteroatoms. The molecule has 1 fully saturated rings. The van der Waals surface area contributed by atoms with E-state index >= 15 is 0 Å². The molecule has 5 nitrogen and oxygen atoms in total. The van der Waals surface area contributed by atoms with E-state index in [1.807, 2.05) is 21.5 Å². The van der Waals surface area contributed by atoms with Crippen molar-refractivity contribution in [1.82, 2.24) is 19.5 Å². The molecule has 0 saturated carbocycles. The number of rotatable bonds is 2. The molecule has 0 N–H and O–H groups in total. The summed E-state index contributed by atoms with van der Waals surface area (Å²) in [6.45, 7) is 8.13. The third-order valence-corrected chi connectivity index (χ3v) is 4.27. The molecular weight excluding hydrogens is 264 g/mol. The van der Waals surface area contributed by atoms with Crippen LogP contribution in [0.1, 0.15) is 55.7 Å². The first-order valence-corrected chi connectivity index (χ1v) is 7.70. The maximum Gasteiger partial charge on any atom is 0.272 e. The molecule has 0 aliphatic carbocycles. The zero-order valence-corrected chi connectivity index (χ0v) is 12.9. The van der Waals surface area contributed by atoms with Crippen LogP contribution in [0.4, 0.5) is 0 Å². The average molecular weight is 286 g/mol. The van der Waals surface area contributed by atoms with Crippen LogP contribution >= 0.6 is 0 Å². The first-order valence-electron chi connectivity index (χ1n) is 7.70. The minimum atomic E-state index is 0.0486. The quantitative estimate of drug-likeness (QED) is 0.853. The van der Waals surface area contributed by atoms with Crippen LogP contribution in [-0.2, 0) is 0 Å².